The minimum absolute atomic E-state index is 0.128. The van der Waals surface area contributed by atoms with E-state index in [2.05, 4.69) is 27.1 Å². The fourth-order valence-corrected chi connectivity index (χ4v) is 3.38. The number of hydrogen-bond acceptors (Lipinski definition) is 6. The topological polar surface area (TPSA) is 98.0 Å². The summed E-state index contributed by atoms with van der Waals surface area (Å²) in [7, 11) is -3.90. The van der Waals surface area contributed by atoms with Gasteiger partial charge < -0.3 is 5.73 Å². The highest BCUT2D eigenvalue weighted by Gasteiger charge is 2.19. The molecule has 0 amide bonds. The first-order valence-electron chi connectivity index (χ1n) is 5.22. The average Bonchev–Trinajstić information content (AvgIpc) is 2.73. The minimum Gasteiger partial charge on any atom is -0.389 e. The Morgan fingerprint density at radius 1 is 1.45 bits per heavy atom. The standard InChI is InChI=1S/C10H9FN4O2S3/c1-5-13-14-10(19-5)15-20(16,17)6-2-3-8(11)7(4-6)9(12)18/h2-4H,1H3,(H2,12,18)(H,14,15). The van der Waals surface area contributed by atoms with E-state index < -0.39 is 15.8 Å². The van der Waals surface area contributed by atoms with E-state index in [4.69, 9.17) is 5.73 Å². The molecule has 0 aliphatic rings. The zero-order chi connectivity index (χ0) is 14.9. The van der Waals surface area contributed by atoms with Crippen molar-refractivity contribution in [3.05, 3.63) is 34.6 Å². The van der Waals surface area contributed by atoms with Crippen LogP contribution in [0.25, 0.3) is 0 Å². The van der Waals surface area contributed by atoms with Gasteiger partial charge in [-0.1, -0.05) is 23.6 Å². The summed E-state index contributed by atoms with van der Waals surface area (Å²) in [6, 6.07) is 3.19. The second-order valence-corrected chi connectivity index (χ2v) is 7.04. The van der Waals surface area contributed by atoms with Crippen LogP contribution >= 0.6 is 23.6 Å². The molecular weight excluding hydrogens is 323 g/mol. The number of halogens is 1. The maximum atomic E-state index is 13.4. The van der Waals surface area contributed by atoms with Crippen molar-refractivity contribution in [1.82, 2.24) is 10.2 Å². The first kappa shape index (κ1) is 14.8. The Labute approximate surface area is 123 Å². The number of thiocarbonyl (C=S) groups is 1. The number of rotatable bonds is 4. The van der Waals surface area contributed by atoms with E-state index in [1.807, 2.05) is 0 Å². The Balaban J connectivity index is 2.39. The summed E-state index contributed by atoms with van der Waals surface area (Å²) in [5.41, 5.74) is 5.21. The van der Waals surface area contributed by atoms with Crippen LogP contribution in [0.3, 0.4) is 0 Å². The van der Waals surface area contributed by atoms with Crippen molar-refractivity contribution in [2.45, 2.75) is 11.8 Å². The monoisotopic (exact) mass is 332 g/mol. The van der Waals surface area contributed by atoms with Gasteiger partial charge in [-0.05, 0) is 25.1 Å². The molecule has 0 saturated heterocycles. The van der Waals surface area contributed by atoms with Gasteiger partial charge in [0.2, 0.25) is 5.13 Å². The molecule has 3 N–H and O–H groups in total. The molecular formula is C10H9FN4O2S3. The van der Waals surface area contributed by atoms with Crippen molar-refractivity contribution < 1.29 is 12.8 Å². The van der Waals surface area contributed by atoms with Gasteiger partial charge in [0.1, 0.15) is 15.8 Å². The van der Waals surface area contributed by atoms with E-state index in [-0.39, 0.29) is 20.6 Å². The molecule has 0 radical (unpaired) electrons. The van der Waals surface area contributed by atoms with E-state index >= 15 is 0 Å². The van der Waals surface area contributed by atoms with E-state index in [9.17, 15) is 12.8 Å². The second kappa shape index (κ2) is 5.38. The zero-order valence-electron chi connectivity index (χ0n) is 10.1. The van der Waals surface area contributed by atoms with E-state index in [0.717, 1.165) is 29.5 Å². The first-order chi connectivity index (χ1) is 9.29. The lowest BCUT2D eigenvalue weighted by atomic mass is 10.2. The molecule has 1 heterocycles. The van der Waals surface area contributed by atoms with Crippen LogP contribution in [0.2, 0.25) is 0 Å². The maximum Gasteiger partial charge on any atom is 0.263 e. The summed E-state index contributed by atoms with van der Waals surface area (Å²) in [4.78, 5) is -0.374. The number of nitrogens with two attached hydrogens (primary N) is 1. The molecule has 10 heteroatoms. The Hall–Kier alpha value is -1.65. The third kappa shape index (κ3) is 3.08. The summed E-state index contributed by atoms with van der Waals surface area (Å²) < 4.78 is 39.9. The van der Waals surface area contributed by atoms with Gasteiger partial charge in [0, 0.05) is 5.56 Å². The molecule has 1 aromatic carbocycles. The Morgan fingerprint density at radius 2 is 2.15 bits per heavy atom. The summed E-state index contributed by atoms with van der Waals surface area (Å²) in [5.74, 6) is -0.678. The van der Waals surface area contributed by atoms with E-state index in [1.165, 1.54) is 0 Å². The van der Waals surface area contributed by atoms with Crippen LogP contribution in [0.15, 0.2) is 23.1 Å². The summed E-state index contributed by atoms with van der Waals surface area (Å²) in [5, 5.41) is 8.10. The predicted molar refractivity (Wildman–Crippen MR) is 77.7 cm³/mol. The van der Waals surface area contributed by atoms with Crippen LogP contribution in [-0.4, -0.2) is 23.6 Å². The fourth-order valence-electron chi connectivity index (χ4n) is 1.37. The van der Waals surface area contributed by atoms with E-state index in [0.29, 0.717) is 5.01 Å². The van der Waals surface area contributed by atoms with Crippen molar-refractivity contribution in [2.24, 2.45) is 5.73 Å². The molecule has 0 atom stereocenters. The van der Waals surface area contributed by atoms with Crippen LogP contribution in [0.4, 0.5) is 9.52 Å². The van der Waals surface area contributed by atoms with Crippen molar-refractivity contribution in [1.29, 1.82) is 0 Å². The summed E-state index contributed by atoms with van der Waals surface area (Å²) >= 11 is 5.75. The number of nitrogens with zero attached hydrogens (tertiary/aromatic N) is 2. The van der Waals surface area contributed by atoms with Gasteiger partial charge in [-0.25, -0.2) is 12.8 Å². The first-order valence-corrected chi connectivity index (χ1v) is 7.92. The zero-order valence-corrected chi connectivity index (χ0v) is 12.6. The molecule has 6 nitrogen and oxygen atoms in total. The molecule has 0 spiro atoms. The highest BCUT2D eigenvalue weighted by molar-refractivity contribution is 7.93. The molecule has 0 aliphatic heterocycles. The second-order valence-electron chi connectivity index (χ2n) is 3.74. The van der Waals surface area contributed by atoms with Crippen molar-refractivity contribution >= 4 is 43.7 Å². The normalized spacial score (nSPS) is 11.3. The van der Waals surface area contributed by atoms with Gasteiger partial charge >= 0.3 is 0 Å². The van der Waals surface area contributed by atoms with Gasteiger partial charge in [-0.3, -0.25) is 4.72 Å². The molecule has 0 unspecified atom stereocenters. The van der Waals surface area contributed by atoms with Crippen LogP contribution in [0.1, 0.15) is 10.6 Å². The molecule has 20 heavy (non-hydrogen) atoms. The largest absolute Gasteiger partial charge is 0.389 e. The molecule has 0 fully saturated rings. The molecule has 0 saturated carbocycles. The molecule has 0 bridgehead atoms. The summed E-state index contributed by atoms with van der Waals surface area (Å²) in [6.45, 7) is 1.69. The van der Waals surface area contributed by atoms with Gasteiger partial charge in [0.25, 0.3) is 10.0 Å². The van der Waals surface area contributed by atoms with Gasteiger partial charge in [-0.15, -0.1) is 10.2 Å². The lowest BCUT2D eigenvalue weighted by molar-refractivity contribution is 0.599. The number of nitrogens with one attached hydrogen (secondary N) is 1. The molecule has 2 rings (SSSR count). The van der Waals surface area contributed by atoms with Crippen LogP contribution in [-0.2, 0) is 10.0 Å². The third-order valence-electron chi connectivity index (χ3n) is 2.26. The highest BCUT2D eigenvalue weighted by atomic mass is 32.2. The fraction of sp³-hybridized carbons (Fsp3) is 0.100. The van der Waals surface area contributed by atoms with Crippen molar-refractivity contribution in [2.75, 3.05) is 4.72 Å². The number of aryl methyl sites for hydroxylation is 1. The summed E-state index contributed by atoms with van der Waals surface area (Å²) in [6.07, 6.45) is 0. The minimum atomic E-state index is -3.90. The number of hydrogen-bond donors (Lipinski definition) is 2. The van der Waals surface area contributed by atoms with E-state index in [1.54, 1.807) is 6.92 Å². The van der Waals surface area contributed by atoms with Gasteiger partial charge in [0.15, 0.2) is 0 Å². The Bertz CT molecular complexity index is 773. The smallest absolute Gasteiger partial charge is 0.263 e. The Morgan fingerprint density at radius 3 is 2.70 bits per heavy atom. The SMILES string of the molecule is Cc1nnc(NS(=O)(=O)c2ccc(F)c(C(N)=S)c2)s1. The van der Waals surface area contributed by atoms with Crippen molar-refractivity contribution in [3.8, 4) is 0 Å². The van der Waals surface area contributed by atoms with Gasteiger partial charge in [-0.2, -0.15) is 0 Å². The van der Waals surface area contributed by atoms with Crippen molar-refractivity contribution in [3.63, 3.8) is 0 Å². The third-order valence-corrected chi connectivity index (χ3v) is 4.70. The lowest BCUT2D eigenvalue weighted by Gasteiger charge is -2.07. The molecule has 2 aromatic rings. The van der Waals surface area contributed by atoms with Crippen LogP contribution < -0.4 is 10.5 Å². The van der Waals surface area contributed by atoms with Crippen LogP contribution in [0, 0.1) is 12.7 Å². The van der Waals surface area contributed by atoms with Crippen LogP contribution in [0.5, 0.6) is 0 Å². The maximum absolute atomic E-state index is 13.4. The number of sulfonamides is 1. The lowest BCUT2D eigenvalue weighted by Crippen LogP contribution is -2.16. The molecule has 106 valence electrons. The quantitative estimate of drug-likeness (QED) is 0.822. The highest BCUT2D eigenvalue weighted by Crippen LogP contribution is 2.21. The molecule has 1 aromatic heterocycles. The molecule has 0 aliphatic carbocycles. The Kier molecular flexibility index (Phi) is 3.97. The number of anilines is 1. The number of benzene rings is 1. The average molecular weight is 332 g/mol. The number of aromatic nitrogens is 2. The van der Waals surface area contributed by atoms with Gasteiger partial charge in [0.05, 0.1) is 4.90 Å². The predicted octanol–water partition coefficient (Wildman–Crippen LogP) is 1.42.